The van der Waals surface area contributed by atoms with Crippen molar-refractivity contribution in [1.29, 1.82) is 0 Å². The van der Waals surface area contributed by atoms with Crippen LogP contribution in [-0.4, -0.2) is 65.8 Å². The normalized spacial score (nSPS) is 26.5. The fourth-order valence-electron chi connectivity index (χ4n) is 3.02. The maximum Gasteiger partial charge on any atom is 0.0601 e. The van der Waals surface area contributed by atoms with E-state index >= 15 is 0 Å². The molecule has 0 spiro atoms. The molecule has 3 unspecified atom stereocenters. The lowest BCUT2D eigenvalue weighted by Crippen LogP contribution is -2.59. The minimum Gasteiger partial charge on any atom is -0.395 e. The van der Waals surface area contributed by atoms with Crippen LogP contribution in [0.3, 0.4) is 0 Å². The Morgan fingerprint density at radius 2 is 2.00 bits per heavy atom. The second-order valence-electron chi connectivity index (χ2n) is 6.02. The summed E-state index contributed by atoms with van der Waals surface area (Å²) in [5.41, 5.74) is 6.26. The van der Waals surface area contributed by atoms with Crippen molar-refractivity contribution in [3.05, 3.63) is 0 Å². The van der Waals surface area contributed by atoms with Gasteiger partial charge in [0.15, 0.2) is 0 Å². The molecule has 108 valence electrons. The highest BCUT2D eigenvalue weighted by Gasteiger charge is 2.30. The summed E-state index contributed by atoms with van der Waals surface area (Å²) in [4.78, 5) is 4.86. The topological polar surface area (TPSA) is 52.7 Å². The summed E-state index contributed by atoms with van der Waals surface area (Å²) in [6.45, 7) is 13.3. The Balaban J connectivity index is 2.56. The van der Waals surface area contributed by atoms with Gasteiger partial charge in [-0.05, 0) is 25.8 Å². The molecule has 1 heterocycles. The summed E-state index contributed by atoms with van der Waals surface area (Å²) in [6.07, 6.45) is 0.980. The van der Waals surface area contributed by atoms with Crippen LogP contribution in [0.4, 0.5) is 0 Å². The Morgan fingerprint density at radius 3 is 2.44 bits per heavy atom. The van der Waals surface area contributed by atoms with E-state index in [1.54, 1.807) is 0 Å². The van der Waals surface area contributed by atoms with Crippen molar-refractivity contribution >= 4 is 0 Å². The maximum absolute atomic E-state index is 9.64. The van der Waals surface area contributed by atoms with Gasteiger partial charge in [-0.2, -0.15) is 0 Å². The van der Waals surface area contributed by atoms with E-state index in [0.717, 1.165) is 32.6 Å². The Hall–Kier alpha value is -0.160. The first-order valence-corrected chi connectivity index (χ1v) is 7.34. The van der Waals surface area contributed by atoms with Crippen LogP contribution < -0.4 is 5.73 Å². The van der Waals surface area contributed by atoms with Gasteiger partial charge in [-0.3, -0.25) is 9.80 Å². The van der Waals surface area contributed by atoms with Crippen LogP contribution in [0.5, 0.6) is 0 Å². The molecule has 0 amide bonds. The van der Waals surface area contributed by atoms with Crippen LogP contribution >= 0.6 is 0 Å². The number of nitrogens with zero attached hydrogens (tertiary/aromatic N) is 2. The molecule has 3 N–H and O–H groups in total. The zero-order valence-corrected chi connectivity index (χ0v) is 12.5. The van der Waals surface area contributed by atoms with E-state index in [4.69, 9.17) is 5.73 Å². The van der Waals surface area contributed by atoms with Crippen LogP contribution in [0, 0.1) is 5.92 Å². The molecule has 0 radical (unpaired) electrons. The van der Waals surface area contributed by atoms with Crippen LogP contribution in [0.15, 0.2) is 0 Å². The number of piperazine rings is 1. The first kappa shape index (κ1) is 15.9. The lowest BCUT2D eigenvalue weighted by molar-refractivity contribution is 0.0254. The zero-order valence-electron chi connectivity index (χ0n) is 12.5. The molecule has 1 rings (SSSR count). The molecule has 1 saturated heterocycles. The van der Waals surface area contributed by atoms with Crippen molar-refractivity contribution in [1.82, 2.24) is 9.80 Å². The number of hydrogen-bond acceptors (Lipinski definition) is 4. The van der Waals surface area contributed by atoms with Gasteiger partial charge in [0.25, 0.3) is 0 Å². The molecule has 4 heteroatoms. The molecule has 4 nitrogen and oxygen atoms in total. The van der Waals surface area contributed by atoms with Crippen LogP contribution in [-0.2, 0) is 0 Å². The summed E-state index contributed by atoms with van der Waals surface area (Å²) >= 11 is 0. The van der Waals surface area contributed by atoms with Gasteiger partial charge >= 0.3 is 0 Å². The van der Waals surface area contributed by atoms with Crippen molar-refractivity contribution in [2.24, 2.45) is 11.7 Å². The molecule has 1 aliphatic rings. The van der Waals surface area contributed by atoms with E-state index in [0.29, 0.717) is 12.0 Å². The Morgan fingerprint density at radius 1 is 1.33 bits per heavy atom. The molecule has 0 saturated carbocycles. The van der Waals surface area contributed by atoms with Crippen molar-refractivity contribution < 1.29 is 5.11 Å². The molecule has 18 heavy (non-hydrogen) atoms. The second-order valence-corrected chi connectivity index (χ2v) is 6.02. The maximum atomic E-state index is 9.64. The number of hydrogen-bond donors (Lipinski definition) is 2. The summed E-state index contributed by atoms with van der Waals surface area (Å²) in [7, 11) is 0. The molecule has 0 aliphatic carbocycles. The zero-order chi connectivity index (χ0) is 13.7. The van der Waals surface area contributed by atoms with Gasteiger partial charge in [-0.15, -0.1) is 0 Å². The van der Waals surface area contributed by atoms with E-state index in [9.17, 15) is 5.11 Å². The van der Waals surface area contributed by atoms with Crippen LogP contribution in [0.1, 0.15) is 34.1 Å². The van der Waals surface area contributed by atoms with Crippen LogP contribution in [0.2, 0.25) is 0 Å². The number of nitrogens with two attached hydrogens (primary N) is 1. The van der Waals surface area contributed by atoms with E-state index in [1.807, 2.05) is 0 Å². The summed E-state index contributed by atoms with van der Waals surface area (Å²) in [5.74, 6) is 0.586. The predicted octanol–water partition coefficient (Wildman–Crippen LogP) is 0.747. The molecular weight excluding hydrogens is 226 g/mol. The van der Waals surface area contributed by atoms with E-state index in [1.165, 1.54) is 0 Å². The first-order valence-electron chi connectivity index (χ1n) is 7.34. The van der Waals surface area contributed by atoms with Gasteiger partial charge in [0.05, 0.1) is 6.61 Å². The average molecular weight is 257 g/mol. The lowest BCUT2D eigenvalue weighted by atomic mass is 9.96. The fourth-order valence-corrected chi connectivity index (χ4v) is 3.02. The second kappa shape index (κ2) is 7.43. The van der Waals surface area contributed by atoms with E-state index in [-0.39, 0.29) is 18.7 Å². The minimum atomic E-state index is 0.0791. The Kier molecular flexibility index (Phi) is 6.57. The molecule has 0 aromatic rings. The van der Waals surface area contributed by atoms with Gasteiger partial charge in [0.2, 0.25) is 0 Å². The van der Waals surface area contributed by atoms with Gasteiger partial charge in [0, 0.05) is 37.8 Å². The summed E-state index contributed by atoms with van der Waals surface area (Å²) in [6, 6.07) is 0.758. The number of aliphatic hydroxyl groups is 1. The fraction of sp³-hybridized carbons (Fsp3) is 1.00. The monoisotopic (exact) mass is 257 g/mol. The Bertz CT molecular complexity index is 235. The summed E-state index contributed by atoms with van der Waals surface area (Å²) < 4.78 is 0. The number of likely N-dealkylation sites (N-methyl/N-ethyl adjacent to an activating group) is 1. The van der Waals surface area contributed by atoms with Gasteiger partial charge in [-0.1, -0.05) is 20.8 Å². The Labute approximate surface area is 112 Å². The van der Waals surface area contributed by atoms with Crippen molar-refractivity contribution in [2.75, 3.05) is 32.8 Å². The quantitative estimate of drug-likeness (QED) is 0.737. The molecule has 0 bridgehead atoms. The largest absolute Gasteiger partial charge is 0.395 e. The number of aliphatic hydroxyl groups excluding tert-OH is 1. The average Bonchev–Trinajstić information content (AvgIpc) is 2.29. The highest BCUT2D eigenvalue weighted by molar-refractivity contribution is 4.88. The van der Waals surface area contributed by atoms with Gasteiger partial charge < -0.3 is 10.8 Å². The van der Waals surface area contributed by atoms with E-state index < -0.39 is 0 Å². The highest BCUT2D eigenvalue weighted by atomic mass is 16.3. The molecule has 1 aliphatic heterocycles. The molecular formula is C14H31N3O. The van der Waals surface area contributed by atoms with Crippen LogP contribution in [0.25, 0.3) is 0 Å². The smallest absolute Gasteiger partial charge is 0.0601 e. The molecule has 3 atom stereocenters. The summed E-state index contributed by atoms with van der Waals surface area (Å²) in [5, 5.41) is 9.64. The van der Waals surface area contributed by atoms with Gasteiger partial charge in [-0.25, -0.2) is 0 Å². The van der Waals surface area contributed by atoms with Gasteiger partial charge in [0.1, 0.15) is 0 Å². The first-order chi connectivity index (χ1) is 8.49. The van der Waals surface area contributed by atoms with Crippen molar-refractivity contribution in [3.63, 3.8) is 0 Å². The molecule has 0 aromatic carbocycles. The van der Waals surface area contributed by atoms with Crippen molar-refractivity contribution in [3.8, 4) is 0 Å². The SMILES string of the molecule is CCN1CCN(C(CO)C(N)CC(C)C)CC1C. The highest BCUT2D eigenvalue weighted by Crippen LogP contribution is 2.16. The number of rotatable bonds is 6. The third-order valence-corrected chi connectivity index (χ3v) is 4.10. The molecule has 1 fully saturated rings. The third kappa shape index (κ3) is 4.19. The lowest BCUT2D eigenvalue weighted by Gasteiger charge is -2.44. The third-order valence-electron chi connectivity index (χ3n) is 4.10. The van der Waals surface area contributed by atoms with E-state index in [2.05, 4.69) is 37.5 Å². The standard InChI is InChI=1S/C14H31N3O/c1-5-16-6-7-17(9-12(16)4)14(10-18)13(15)8-11(2)3/h11-14,18H,5-10,15H2,1-4H3. The minimum absolute atomic E-state index is 0.0791. The van der Waals surface area contributed by atoms with Crippen molar-refractivity contribution in [2.45, 2.75) is 52.2 Å². The predicted molar refractivity (Wildman–Crippen MR) is 76.6 cm³/mol. The molecule has 0 aromatic heterocycles.